The molecule has 90 valence electrons. The largest absolute Gasteiger partial charge is 0.481 e. The average Bonchev–Trinajstić information content (AvgIpc) is 2.82. The van der Waals surface area contributed by atoms with Crippen molar-refractivity contribution < 1.29 is 9.15 Å². The molecule has 0 atom stereocenters. The van der Waals surface area contributed by atoms with Crippen LogP contribution in [0.4, 0.5) is 5.69 Å². The van der Waals surface area contributed by atoms with Gasteiger partial charge in [-0.05, 0) is 30.3 Å². The number of nitrogens with zero attached hydrogens (tertiary/aromatic N) is 2. The number of nitrogens with two attached hydrogens (primary N) is 1. The van der Waals surface area contributed by atoms with Gasteiger partial charge in [-0.15, -0.1) is 0 Å². The van der Waals surface area contributed by atoms with Crippen LogP contribution in [0.25, 0.3) is 22.7 Å². The lowest BCUT2D eigenvalue weighted by Gasteiger charge is -1.95. The van der Waals surface area contributed by atoms with Crippen molar-refractivity contribution in [1.29, 1.82) is 0 Å². The Morgan fingerprint density at radius 1 is 1.06 bits per heavy atom. The number of rotatable bonds is 2. The summed E-state index contributed by atoms with van der Waals surface area (Å²) in [4.78, 5) is 8.54. The fraction of sp³-hybridized carbons (Fsp3) is 0.0769. The Hall–Kier alpha value is -2.56. The molecule has 0 amide bonds. The molecule has 0 radical (unpaired) electrons. The van der Waals surface area contributed by atoms with E-state index in [1.54, 1.807) is 25.3 Å². The molecule has 0 aliphatic carbocycles. The van der Waals surface area contributed by atoms with E-state index < -0.39 is 0 Å². The van der Waals surface area contributed by atoms with Gasteiger partial charge in [0, 0.05) is 17.3 Å². The maximum Gasteiger partial charge on any atom is 0.250 e. The number of hydrogen-bond acceptors (Lipinski definition) is 5. The van der Waals surface area contributed by atoms with E-state index in [0.717, 1.165) is 5.56 Å². The first-order chi connectivity index (χ1) is 8.76. The Labute approximate surface area is 103 Å². The number of pyridine rings is 1. The topological polar surface area (TPSA) is 74.2 Å². The zero-order chi connectivity index (χ0) is 12.5. The molecule has 2 aromatic heterocycles. The van der Waals surface area contributed by atoms with Crippen LogP contribution in [0, 0.1) is 0 Å². The molecule has 0 saturated heterocycles. The molecular weight excluding hydrogens is 230 g/mol. The van der Waals surface area contributed by atoms with Gasteiger partial charge in [-0.1, -0.05) is 0 Å². The van der Waals surface area contributed by atoms with Crippen LogP contribution in [0.1, 0.15) is 0 Å². The summed E-state index contributed by atoms with van der Waals surface area (Å²) in [6, 6.07) is 10.9. The summed E-state index contributed by atoms with van der Waals surface area (Å²) in [5.74, 6) is 1.02. The van der Waals surface area contributed by atoms with Crippen molar-refractivity contribution in [3.63, 3.8) is 0 Å². The summed E-state index contributed by atoms with van der Waals surface area (Å²) < 4.78 is 10.6. The minimum Gasteiger partial charge on any atom is -0.481 e. The van der Waals surface area contributed by atoms with Crippen molar-refractivity contribution in [2.75, 3.05) is 12.8 Å². The molecule has 0 fully saturated rings. The van der Waals surface area contributed by atoms with E-state index in [1.807, 2.05) is 18.2 Å². The summed E-state index contributed by atoms with van der Waals surface area (Å²) >= 11 is 0. The quantitative estimate of drug-likeness (QED) is 0.697. The second-order valence-electron chi connectivity index (χ2n) is 3.82. The van der Waals surface area contributed by atoms with Crippen LogP contribution in [-0.4, -0.2) is 17.1 Å². The van der Waals surface area contributed by atoms with Crippen LogP contribution in [0.15, 0.2) is 40.8 Å². The van der Waals surface area contributed by atoms with Crippen LogP contribution in [0.5, 0.6) is 5.88 Å². The predicted octanol–water partition coefficient (Wildman–Crippen LogP) is 2.48. The molecule has 5 heteroatoms. The molecule has 0 bridgehead atoms. The maximum absolute atomic E-state index is 5.64. The number of hydrogen-bond donors (Lipinski definition) is 1. The number of nitrogen functional groups attached to an aromatic ring is 1. The summed E-state index contributed by atoms with van der Waals surface area (Å²) in [7, 11) is 1.56. The normalized spacial score (nSPS) is 10.7. The van der Waals surface area contributed by atoms with E-state index in [4.69, 9.17) is 14.9 Å². The highest BCUT2D eigenvalue weighted by molar-refractivity contribution is 5.73. The number of methoxy groups -OCH3 is 1. The van der Waals surface area contributed by atoms with E-state index >= 15 is 0 Å². The summed E-state index contributed by atoms with van der Waals surface area (Å²) in [5, 5.41) is 0. The van der Waals surface area contributed by atoms with Crippen molar-refractivity contribution >= 4 is 16.9 Å². The Kier molecular flexibility index (Phi) is 2.37. The SMILES string of the molecule is COc1ccc2nc(-c3ccc(N)cc3)oc2n1. The average molecular weight is 241 g/mol. The molecule has 2 N–H and O–H groups in total. The third-order valence-electron chi connectivity index (χ3n) is 2.60. The zero-order valence-electron chi connectivity index (χ0n) is 9.75. The number of benzene rings is 1. The molecule has 0 spiro atoms. The Morgan fingerprint density at radius 3 is 2.56 bits per heavy atom. The second-order valence-corrected chi connectivity index (χ2v) is 3.82. The molecule has 3 rings (SSSR count). The van der Waals surface area contributed by atoms with Crippen molar-refractivity contribution in [3.05, 3.63) is 36.4 Å². The first-order valence-electron chi connectivity index (χ1n) is 5.44. The molecule has 5 nitrogen and oxygen atoms in total. The highest BCUT2D eigenvalue weighted by atomic mass is 16.5. The number of ether oxygens (including phenoxy) is 1. The monoisotopic (exact) mass is 241 g/mol. The van der Waals surface area contributed by atoms with E-state index in [2.05, 4.69) is 9.97 Å². The van der Waals surface area contributed by atoms with Crippen LogP contribution in [0.3, 0.4) is 0 Å². The zero-order valence-corrected chi connectivity index (χ0v) is 9.75. The third-order valence-corrected chi connectivity index (χ3v) is 2.60. The molecule has 0 unspecified atom stereocenters. The summed E-state index contributed by atoms with van der Waals surface area (Å²) in [5.41, 5.74) is 8.36. The molecule has 0 aliphatic heterocycles. The van der Waals surface area contributed by atoms with Crippen molar-refractivity contribution in [1.82, 2.24) is 9.97 Å². The molecule has 0 aliphatic rings. The predicted molar refractivity (Wildman–Crippen MR) is 68.2 cm³/mol. The minimum atomic E-state index is 0.459. The highest BCUT2D eigenvalue weighted by Gasteiger charge is 2.09. The van der Waals surface area contributed by atoms with Gasteiger partial charge in [-0.25, -0.2) is 4.98 Å². The van der Waals surface area contributed by atoms with Gasteiger partial charge >= 0.3 is 0 Å². The van der Waals surface area contributed by atoms with Gasteiger partial charge in [0.2, 0.25) is 11.8 Å². The van der Waals surface area contributed by atoms with Crippen LogP contribution in [-0.2, 0) is 0 Å². The number of fused-ring (bicyclic) bond motifs is 1. The molecule has 2 heterocycles. The maximum atomic E-state index is 5.64. The molecule has 3 aromatic rings. The lowest BCUT2D eigenvalue weighted by molar-refractivity contribution is 0.397. The van der Waals surface area contributed by atoms with Gasteiger partial charge in [0.25, 0.3) is 5.71 Å². The Morgan fingerprint density at radius 2 is 1.83 bits per heavy atom. The van der Waals surface area contributed by atoms with Gasteiger partial charge in [-0.3, -0.25) is 0 Å². The Balaban J connectivity index is 2.10. The van der Waals surface area contributed by atoms with Gasteiger partial charge in [0.15, 0.2) is 0 Å². The summed E-state index contributed by atoms with van der Waals surface area (Å²) in [6.07, 6.45) is 0. The lowest BCUT2D eigenvalue weighted by atomic mass is 10.2. The van der Waals surface area contributed by atoms with Gasteiger partial charge in [0.1, 0.15) is 5.52 Å². The highest BCUT2D eigenvalue weighted by Crippen LogP contribution is 2.25. The second kappa shape index (κ2) is 4.03. The van der Waals surface area contributed by atoms with E-state index in [9.17, 15) is 0 Å². The number of aromatic nitrogens is 2. The number of oxazole rings is 1. The third kappa shape index (κ3) is 1.75. The molecule has 18 heavy (non-hydrogen) atoms. The summed E-state index contributed by atoms with van der Waals surface area (Å²) in [6.45, 7) is 0. The van der Waals surface area contributed by atoms with Gasteiger partial charge in [-0.2, -0.15) is 4.98 Å². The first-order valence-corrected chi connectivity index (χ1v) is 5.44. The van der Waals surface area contributed by atoms with Crippen LogP contribution >= 0.6 is 0 Å². The fourth-order valence-corrected chi connectivity index (χ4v) is 1.66. The van der Waals surface area contributed by atoms with Crippen LogP contribution < -0.4 is 10.5 Å². The molecule has 0 saturated carbocycles. The van der Waals surface area contributed by atoms with Crippen LogP contribution in [0.2, 0.25) is 0 Å². The van der Waals surface area contributed by atoms with E-state index in [0.29, 0.717) is 28.7 Å². The minimum absolute atomic E-state index is 0.459. The molecular formula is C13H11N3O2. The fourth-order valence-electron chi connectivity index (χ4n) is 1.66. The van der Waals surface area contributed by atoms with Gasteiger partial charge in [0.05, 0.1) is 7.11 Å². The van der Waals surface area contributed by atoms with Crippen molar-refractivity contribution in [2.24, 2.45) is 0 Å². The molecule has 1 aromatic carbocycles. The lowest BCUT2D eigenvalue weighted by Crippen LogP contribution is -1.85. The standard InChI is InChI=1S/C13H11N3O2/c1-17-11-7-6-10-13(16-11)18-12(15-10)8-2-4-9(14)5-3-8/h2-7H,14H2,1H3. The first kappa shape index (κ1) is 10.6. The van der Waals surface area contributed by atoms with Gasteiger partial charge < -0.3 is 14.9 Å². The smallest absolute Gasteiger partial charge is 0.250 e. The number of anilines is 1. The Bertz CT molecular complexity index is 689. The van der Waals surface area contributed by atoms with E-state index in [-0.39, 0.29) is 0 Å². The van der Waals surface area contributed by atoms with Crippen molar-refractivity contribution in [2.45, 2.75) is 0 Å². The van der Waals surface area contributed by atoms with E-state index in [1.165, 1.54) is 0 Å². The van der Waals surface area contributed by atoms with Crippen molar-refractivity contribution in [3.8, 4) is 17.3 Å².